The Morgan fingerprint density at radius 1 is 1.40 bits per heavy atom. The van der Waals surface area contributed by atoms with Crippen LogP contribution in [0.2, 0.25) is 0 Å². The van der Waals surface area contributed by atoms with Crippen LogP contribution in [0.5, 0.6) is 0 Å². The summed E-state index contributed by atoms with van der Waals surface area (Å²) in [6, 6.07) is 4.44. The van der Waals surface area contributed by atoms with Gasteiger partial charge in [0.25, 0.3) is 0 Å². The van der Waals surface area contributed by atoms with Crippen molar-refractivity contribution in [1.82, 2.24) is 4.98 Å². The molecule has 0 amide bonds. The van der Waals surface area contributed by atoms with E-state index in [2.05, 4.69) is 4.98 Å². The highest BCUT2D eigenvalue weighted by Crippen LogP contribution is 2.20. The lowest BCUT2D eigenvalue weighted by molar-refractivity contribution is 0.598. The summed E-state index contributed by atoms with van der Waals surface area (Å²) >= 11 is 0. The molecule has 1 N–H and O–H groups in total. The molecule has 1 aromatic carbocycles. The van der Waals surface area contributed by atoms with Crippen molar-refractivity contribution >= 4 is 30.6 Å². The van der Waals surface area contributed by atoms with Crippen molar-refractivity contribution in [2.24, 2.45) is 0 Å². The third-order valence-electron chi connectivity index (χ3n) is 2.05. The van der Waals surface area contributed by atoms with E-state index in [1.54, 1.807) is 12.3 Å². The molecule has 0 saturated carbocycles. The third kappa shape index (κ3) is 2.30. The maximum Gasteiger partial charge on any atom is 0.236 e. The first-order valence-electron chi connectivity index (χ1n) is 4.13. The van der Waals surface area contributed by atoms with Crippen LogP contribution >= 0.6 is 10.7 Å². The minimum absolute atomic E-state index is 0.0694. The highest BCUT2D eigenvalue weighted by Gasteiger charge is 2.12. The quantitative estimate of drug-likeness (QED) is 0.829. The Labute approximate surface area is 90.3 Å². The number of hydrogen-bond donors (Lipinski definition) is 1. The molecule has 15 heavy (non-hydrogen) atoms. The van der Waals surface area contributed by atoms with Crippen LogP contribution in [0, 0.1) is 5.82 Å². The Morgan fingerprint density at radius 3 is 2.80 bits per heavy atom. The van der Waals surface area contributed by atoms with Gasteiger partial charge >= 0.3 is 0 Å². The van der Waals surface area contributed by atoms with Crippen molar-refractivity contribution in [3.8, 4) is 0 Å². The molecule has 0 spiro atoms. The highest BCUT2D eigenvalue weighted by molar-refractivity contribution is 8.13. The smallest absolute Gasteiger partial charge is 0.236 e. The molecule has 0 unspecified atom stereocenters. The second kappa shape index (κ2) is 3.50. The molecule has 2 aromatic rings. The molecule has 80 valence electrons. The Morgan fingerprint density at radius 2 is 2.13 bits per heavy atom. The fourth-order valence-electron chi connectivity index (χ4n) is 1.41. The number of aromatic nitrogens is 1. The predicted octanol–water partition coefficient (Wildman–Crippen LogP) is 2.38. The van der Waals surface area contributed by atoms with E-state index in [9.17, 15) is 12.8 Å². The summed E-state index contributed by atoms with van der Waals surface area (Å²) in [4.78, 5) is 2.87. The van der Waals surface area contributed by atoms with E-state index in [0.29, 0.717) is 10.9 Å². The van der Waals surface area contributed by atoms with Gasteiger partial charge in [-0.05, 0) is 18.2 Å². The van der Waals surface area contributed by atoms with Crippen molar-refractivity contribution in [3.63, 3.8) is 0 Å². The molecular formula is C9H7ClFNO2S. The third-order valence-corrected chi connectivity index (χ3v) is 3.03. The molecule has 1 heterocycles. The number of nitrogens with one attached hydrogen (secondary N) is 1. The summed E-state index contributed by atoms with van der Waals surface area (Å²) in [5.41, 5.74) is 0.756. The first-order chi connectivity index (χ1) is 6.96. The Hall–Kier alpha value is -1.07. The highest BCUT2D eigenvalue weighted by atomic mass is 35.7. The lowest BCUT2D eigenvalue weighted by atomic mass is 10.2. The average molecular weight is 248 g/mol. The molecular weight excluding hydrogens is 241 g/mol. The Kier molecular flexibility index (Phi) is 2.44. The summed E-state index contributed by atoms with van der Waals surface area (Å²) in [5, 5.41) is 0.697. The monoisotopic (exact) mass is 247 g/mol. The summed E-state index contributed by atoms with van der Waals surface area (Å²) < 4.78 is 35.0. The van der Waals surface area contributed by atoms with Gasteiger partial charge in [0.15, 0.2) is 0 Å². The van der Waals surface area contributed by atoms with Crippen LogP contribution in [0.15, 0.2) is 24.4 Å². The maximum atomic E-state index is 13.4. The van der Waals surface area contributed by atoms with Gasteiger partial charge in [0.2, 0.25) is 9.05 Å². The Balaban J connectivity index is 2.55. The zero-order valence-corrected chi connectivity index (χ0v) is 9.07. The van der Waals surface area contributed by atoms with E-state index >= 15 is 0 Å². The maximum absolute atomic E-state index is 13.4. The predicted molar refractivity (Wildman–Crippen MR) is 56.7 cm³/mol. The number of rotatable bonds is 2. The minimum Gasteiger partial charge on any atom is -0.361 e. The van der Waals surface area contributed by atoms with Crippen LogP contribution in [0.4, 0.5) is 4.39 Å². The number of benzene rings is 1. The van der Waals surface area contributed by atoms with Crippen molar-refractivity contribution in [2.45, 2.75) is 5.75 Å². The minimum atomic E-state index is -3.73. The van der Waals surface area contributed by atoms with E-state index in [-0.39, 0.29) is 5.56 Å². The standard InChI is InChI=1S/C9H7ClFNO2S/c10-15(13,14)5-7-4-9-6(1-2-12-9)3-8(7)11/h1-4,12H,5H2. The number of H-pyrrole nitrogens is 1. The van der Waals surface area contributed by atoms with Gasteiger partial charge in [-0.2, -0.15) is 0 Å². The topological polar surface area (TPSA) is 49.9 Å². The molecule has 6 heteroatoms. The molecule has 3 nitrogen and oxygen atoms in total. The van der Waals surface area contributed by atoms with E-state index in [4.69, 9.17) is 10.7 Å². The van der Waals surface area contributed by atoms with Crippen LogP contribution in [0.25, 0.3) is 10.9 Å². The molecule has 0 bridgehead atoms. The molecule has 0 fully saturated rings. The van der Waals surface area contributed by atoms with E-state index in [1.807, 2.05) is 0 Å². The zero-order valence-electron chi connectivity index (χ0n) is 7.50. The average Bonchev–Trinajstić information content (AvgIpc) is 2.49. The summed E-state index contributed by atoms with van der Waals surface area (Å²) in [5.74, 6) is -1.07. The fraction of sp³-hybridized carbons (Fsp3) is 0.111. The number of aromatic amines is 1. The van der Waals surface area contributed by atoms with Gasteiger partial charge in [0, 0.05) is 33.3 Å². The fourth-order valence-corrected chi connectivity index (χ4v) is 2.36. The van der Waals surface area contributed by atoms with Crippen LogP contribution in [-0.2, 0) is 14.8 Å². The largest absolute Gasteiger partial charge is 0.361 e. The summed E-state index contributed by atoms with van der Waals surface area (Å²) in [6.07, 6.45) is 1.66. The lowest BCUT2D eigenvalue weighted by Crippen LogP contribution is -1.98. The van der Waals surface area contributed by atoms with Gasteiger partial charge in [-0.1, -0.05) is 0 Å². The van der Waals surface area contributed by atoms with Gasteiger partial charge in [0.1, 0.15) is 5.82 Å². The van der Waals surface area contributed by atoms with Gasteiger partial charge in [0.05, 0.1) is 5.75 Å². The molecule has 0 saturated heterocycles. The van der Waals surface area contributed by atoms with Crippen molar-refractivity contribution < 1.29 is 12.8 Å². The van der Waals surface area contributed by atoms with Crippen molar-refractivity contribution in [3.05, 3.63) is 35.8 Å². The van der Waals surface area contributed by atoms with Crippen molar-refractivity contribution in [2.75, 3.05) is 0 Å². The van der Waals surface area contributed by atoms with Gasteiger partial charge in [-0.3, -0.25) is 0 Å². The van der Waals surface area contributed by atoms with Crippen LogP contribution in [-0.4, -0.2) is 13.4 Å². The second-order valence-corrected chi connectivity index (χ2v) is 5.97. The molecule has 0 atom stereocenters. The second-order valence-electron chi connectivity index (χ2n) is 3.19. The van der Waals surface area contributed by atoms with Crippen LogP contribution in [0.1, 0.15) is 5.56 Å². The molecule has 0 aliphatic heterocycles. The van der Waals surface area contributed by atoms with E-state index in [0.717, 1.165) is 0 Å². The van der Waals surface area contributed by atoms with Gasteiger partial charge < -0.3 is 4.98 Å². The van der Waals surface area contributed by atoms with E-state index in [1.165, 1.54) is 12.1 Å². The molecule has 0 radical (unpaired) electrons. The molecule has 0 aliphatic rings. The summed E-state index contributed by atoms with van der Waals surface area (Å²) in [6.45, 7) is 0. The number of halogens is 2. The van der Waals surface area contributed by atoms with Crippen LogP contribution in [0.3, 0.4) is 0 Å². The Bertz CT molecular complexity index is 606. The first kappa shape index (κ1) is 10.4. The number of fused-ring (bicyclic) bond motifs is 1. The van der Waals surface area contributed by atoms with Gasteiger partial charge in [-0.25, -0.2) is 12.8 Å². The molecule has 0 aliphatic carbocycles. The molecule has 2 rings (SSSR count). The van der Waals surface area contributed by atoms with Crippen LogP contribution < -0.4 is 0 Å². The van der Waals surface area contributed by atoms with Gasteiger partial charge in [-0.15, -0.1) is 0 Å². The number of hydrogen-bond acceptors (Lipinski definition) is 2. The van der Waals surface area contributed by atoms with Crippen molar-refractivity contribution in [1.29, 1.82) is 0 Å². The normalized spacial score (nSPS) is 12.1. The first-order valence-corrected chi connectivity index (χ1v) is 6.61. The SMILES string of the molecule is O=S(=O)(Cl)Cc1cc2[nH]ccc2cc1F. The summed E-state index contributed by atoms with van der Waals surface area (Å²) in [7, 11) is 1.33. The van der Waals surface area contributed by atoms with E-state index < -0.39 is 20.6 Å². The molecule has 1 aromatic heterocycles. The lowest BCUT2D eigenvalue weighted by Gasteiger charge is -2.00. The zero-order chi connectivity index (χ0) is 11.1.